The van der Waals surface area contributed by atoms with Gasteiger partial charge in [0.25, 0.3) is 0 Å². The van der Waals surface area contributed by atoms with Gasteiger partial charge < -0.3 is 15.2 Å². The summed E-state index contributed by atoms with van der Waals surface area (Å²) in [5.74, 6) is 0.639. The molecular formula is C14H23NO3. The summed E-state index contributed by atoms with van der Waals surface area (Å²) in [6.45, 7) is 0.707. The van der Waals surface area contributed by atoms with Crippen LogP contribution in [0, 0.1) is 11.3 Å². The molecule has 0 radical (unpaired) electrons. The molecule has 1 heterocycles. The van der Waals surface area contributed by atoms with Crippen molar-refractivity contribution < 1.29 is 14.3 Å². The summed E-state index contributed by atoms with van der Waals surface area (Å²) in [7, 11) is 0. The van der Waals surface area contributed by atoms with Gasteiger partial charge in [-0.2, -0.15) is 0 Å². The summed E-state index contributed by atoms with van der Waals surface area (Å²) in [4.78, 5) is 12.5. The van der Waals surface area contributed by atoms with Gasteiger partial charge in [-0.15, -0.1) is 0 Å². The summed E-state index contributed by atoms with van der Waals surface area (Å²) in [6, 6.07) is -0.0129. The van der Waals surface area contributed by atoms with E-state index in [0.29, 0.717) is 6.61 Å². The first-order valence-electron chi connectivity index (χ1n) is 7.29. The Kier molecular flexibility index (Phi) is 3.32. The molecule has 3 saturated carbocycles. The highest BCUT2D eigenvalue weighted by atomic mass is 16.7. The normalized spacial score (nSPS) is 43.7. The number of nitrogens with two attached hydrogens (primary N) is 1. The maximum Gasteiger partial charge on any atom is 0.315 e. The SMILES string of the molecule is NC1CC2CCC1(C(=O)OC1CCCCO1)CC2. The Hall–Kier alpha value is -0.610. The van der Waals surface area contributed by atoms with E-state index >= 15 is 0 Å². The molecule has 2 atom stereocenters. The summed E-state index contributed by atoms with van der Waals surface area (Å²) in [5.41, 5.74) is 5.81. The van der Waals surface area contributed by atoms with E-state index < -0.39 is 5.41 Å². The first kappa shape index (κ1) is 12.4. The van der Waals surface area contributed by atoms with Crippen molar-refractivity contribution in [1.29, 1.82) is 0 Å². The smallest absolute Gasteiger partial charge is 0.315 e. The van der Waals surface area contributed by atoms with Crippen molar-refractivity contribution in [2.45, 2.75) is 63.7 Å². The van der Waals surface area contributed by atoms with Crippen molar-refractivity contribution in [3.8, 4) is 0 Å². The minimum absolute atomic E-state index is 0.0129. The van der Waals surface area contributed by atoms with Gasteiger partial charge >= 0.3 is 5.97 Å². The highest BCUT2D eigenvalue weighted by Gasteiger charge is 2.52. The molecule has 1 saturated heterocycles. The standard InChI is InChI=1S/C14H23NO3/c15-11-9-10-4-6-14(11,7-5-10)13(16)18-12-3-1-2-8-17-12/h10-12H,1-9,15H2. The largest absolute Gasteiger partial charge is 0.435 e. The van der Waals surface area contributed by atoms with Crippen LogP contribution in [-0.2, 0) is 14.3 Å². The molecule has 0 aromatic carbocycles. The lowest BCUT2D eigenvalue weighted by Crippen LogP contribution is -2.56. The van der Waals surface area contributed by atoms with Crippen LogP contribution in [0.2, 0.25) is 0 Å². The van der Waals surface area contributed by atoms with Crippen molar-refractivity contribution in [2.24, 2.45) is 17.1 Å². The minimum atomic E-state index is -0.407. The van der Waals surface area contributed by atoms with Gasteiger partial charge in [-0.25, -0.2) is 0 Å². The highest BCUT2D eigenvalue weighted by molar-refractivity contribution is 5.78. The number of ether oxygens (including phenoxy) is 2. The van der Waals surface area contributed by atoms with Crippen LogP contribution in [0.3, 0.4) is 0 Å². The molecule has 0 spiro atoms. The van der Waals surface area contributed by atoms with Gasteiger partial charge in [0.1, 0.15) is 0 Å². The zero-order valence-corrected chi connectivity index (χ0v) is 10.9. The van der Waals surface area contributed by atoms with E-state index in [-0.39, 0.29) is 18.3 Å². The van der Waals surface area contributed by atoms with Crippen molar-refractivity contribution >= 4 is 5.97 Å². The van der Waals surface area contributed by atoms with E-state index in [1.807, 2.05) is 0 Å². The van der Waals surface area contributed by atoms with Crippen LogP contribution < -0.4 is 5.73 Å². The Bertz CT molecular complexity index is 317. The first-order valence-corrected chi connectivity index (χ1v) is 7.29. The van der Waals surface area contributed by atoms with Gasteiger partial charge in [0.2, 0.25) is 6.29 Å². The molecule has 4 aliphatic rings. The lowest BCUT2D eigenvalue weighted by atomic mass is 9.58. The van der Waals surface area contributed by atoms with Gasteiger partial charge in [0.15, 0.2) is 0 Å². The Morgan fingerprint density at radius 3 is 2.61 bits per heavy atom. The zero-order valence-electron chi connectivity index (χ0n) is 10.9. The highest BCUT2D eigenvalue weighted by Crippen LogP contribution is 2.50. The number of carbonyl (C=O) groups excluding carboxylic acids is 1. The minimum Gasteiger partial charge on any atom is -0.435 e. The van der Waals surface area contributed by atoms with Crippen LogP contribution in [0.15, 0.2) is 0 Å². The number of hydrogen-bond acceptors (Lipinski definition) is 4. The molecular weight excluding hydrogens is 230 g/mol. The van der Waals surface area contributed by atoms with Crippen LogP contribution >= 0.6 is 0 Å². The topological polar surface area (TPSA) is 61.6 Å². The molecule has 1 aliphatic heterocycles. The Morgan fingerprint density at radius 2 is 2.00 bits per heavy atom. The first-order chi connectivity index (χ1) is 8.71. The predicted octanol–water partition coefficient (Wildman–Crippen LogP) is 1.96. The average Bonchev–Trinajstić information content (AvgIpc) is 2.41. The van der Waals surface area contributed by atoms with E-state index in [2.05, 4.69) is 0 Å². The number of esters is 1. The van der Waals surface area contributed by atoms with Crippen LogP contribution in [-0.4, -0.2) is 24.9 Å². The number of carbonyl (C=O) groups is 1. The van der Waals surface area contributed by atoms with Crippen molar-refractivity contribution in [3.05, 3.63) is 0 Å². The maximum atomic E-state index is 12.5. The second-order valence-corrected chi connectivity index (χ2v) is 6.14. The van der Waals surface area contributed by atoms with Gasteiger partial charge in [-0.05, 0) is 50.9 Å². The molecule has 18 heavy (non-hydrogen) atoms. The molecule has 4 fully saturated rings. The van der Waals surface area contributed by atoms with Crippen LogP contribution in [0.1, 0.15) is 51.4 Å². The Balaban J connectivity index is 1.66. The van der Waals surface area contributed by atoms with Crippen LogP contribution in [0.5, 0.6) is 0 Å². The second kappa shape index (κ2) is 4.82. The van der Waals surface area contributed by atoms with Crippen molar-refractivity contribution in [3.63, 3.8) is 0 Å². The molecule has 102 valence electrons. The van der Waals surface area contributed by atoms with E-state index in [4.69, 9.17) is 15.2 Å². The second-order valence-electron chi connectivity index (χ2n) is 6.14. The Labute approximate surface area is 108 Å². The fraction of sp³-hybridized carbons (Fsp3) is 0.929. The number of rotatable bonds is 2. The predicted molar refractivity (Wildman–Crippen MR) is 66.7 cm³/mol. The summed E-state index contributed by atoms with van der Waals surface area (Å²) >= 11 is 0. The van der Waals surface area contributed by atoms with Crippen LogP contribution in [0.25, 0.3) is 0 Å². The van der Waals surface area contributed by atoms with Gasteiger partial charge in [0, 0.05) is 12.5 Å². The molecule has 4 rings (SSSR count). The summed E-state index contributed by atoms with van der Waals surface area (Å²) in [6.07, 6.45) is 7.73. The third kappa shape index (κ3) is 2.05. The number of fused-ring (bicyclic) bond motifs is 3. The lowest BCUT2D eigenvalue weighted by Gasteiger charge is -2.49. The van der Waals surface area contributed by atoms with E-state index in [0.717, 1.165) is 57.3 Å². The van der Waals surface area contributed by atoms with Gasteiger partial charge in [0.05, 0.1) is 12.0 Å². The lowest BCUT2D eigenvalue weighted by molar-refractivity contribution is -0.203. The molecule has 0 aromatic rings. The zero-order chi connectivity index (χ0) is 12.6. The maximum absolute atomic E-state index is 12.5. The Morgan fingerprint density at radius 1 is 1.22 bits per heavy atom. The fourth-order valence-electron chi connectivity index (χ4n) is 3.78. The summed E-state index contributed by atoms with van der Waals surface area (Å²) in [5, 5.41) is 0. The van der Waals surface area contributed by atoms with E-state index in [1.165, 1.54) is 0 Å². The number of hydrogen-bond donors (Lipinski definition) is 1. The molecule has 3 aliphatic carbocycles. The molecule has 2 bridgehead atoms. The van der Waals surface area contributed by atoms with Crippen LogP contribution in [0.4, 0.5) is 0 Å². The molecule has 2 N–H and O–H groups in total. The fourth-order valence-corrected chi connectivity index (χ4v) is 3.78. The third-order valence-corrected chi connectivity index (χ3v) is 5.08. The molecule has 4 nitrogen and oxygen atoms in total. The molecule has 0 aromatic heterocycles. The average molecular weight is 253 g/mol. The third-order valence-electron chi connectivity index (χ3n) is 5.08. The van der Waals surface area contributed by atoms with Gasteiger partial charge in [-0.1, -0.05) is 0 Å². The van der Waals surface area contributed by atoms with Crippen molar-refractivity contribution in [1.82, 2.24) is 0 Å². The van der Waals surface area contributed by atoms with E-state index in [9.17, 15) is 4.79 Å². The summed E-state index contributed by atoms with van der Waals surface area (Å²) < 4.78 is 11.1. The quantitative estimate of drug-likeness (QED) is 0.764. The monoisotopic (exact) mass is 253 g/mol. The molecule has 2 unspecified atom stereocenters. The molecule has 4 heteroatoms. The molecule has 0 amide bonds. The van der Waals surface area contributed by atoms with Crippen molar-refractivity contribution in [2.75, 3.05) is 6.61 Å². The van der Waals surface area contributed by atoms with E-state index in [1.54, 1.807) is 0 Å². The van der Waals surface area contributed by atoms with Gasteiger partial charge in [-0.3, -0.25) is 4.79 Å².